The molecule has 0 aliphatic rings. The van der Waals surface area contributed by atoms with Gasteiger partial charge in [0.05, 0.1) is 11.5 Å². The lowest BCUT2D eigenvalue weighted by molar-refractivity contribution is 0.340. The molecule has 0 fully saturated rings. The van der Waals surface area contributed by atoms with Crippen molar-refractivity contribution in [2.45, 2.75) is 18.4 Å². The summed E-state index contributed by atoms with van der Waals surface area (Å²) >= 11 is 0. The molecular formula is C15H16FNO3S. The second kappa shape index (κ2) is 6.69. The highest BCUT2D eigenvalue weighted by Gasteiger charge is 2.13. The van der Waals surface area contributed by atoms with Crippen molar-refractivity contribution < 1.29 is 17.5 Å². The van der Waals surface area contributed by atoms with Gasteiger partial charge in [-0.2, -0.15) is 0 Å². The third-order valence-electron chi connectivity index (χ3n) is 2.80. The van der Waals surface area contributed by atoms with Gasteiger partial charge in [-0.3, -0.25) is 0 Å². The van der Waals surface area contributed by atoms with Crippen LogP contribution in [0, 0.1) is 5.82 Å². The molecule has 6 heteroatoms. The van der Waals surface area contributed by atoms with E-state index in [1.165, 1.54) is 30.3 Å². The fourth-order valence-electron chi connectivity index (χ4n) is 1.79. The van der Waals surface area contributed by atoms with Crippen LogP contribution in [0.1, 0.15) is 12.5 Å². The number of sulfonamides is 1. The van der Waals surface area contributed by atoms with Gasteiger partial charge in [-0.25, -0.2) is 17.5 Å². The molecule has 0 aliphatic carbocycles. The maximum atomic E-state index is 13.0. The highest BCUT2D eigenvalue weighted by atomic mass is 32.2. The molecular weight excluding hydrogens is 293 g/mol. The topological polar surface area (TPSA) is 55.4 Å². The van der Waals surface area contributed by atoms with Gasteiger partial charge >= 0.3 is 0 Å². The van der Waals surface area contributed by atoms with E-state index in [-0.39, 0.29) is 11.4 Å². The quantitative estimate of drug-likeness (QED) is 0.892. The predicted octanol–water partition coefficient (Wildman–Crippen LogP) is 2.70. The summed E-state index contributed by atoms with van der Waals surface area (Å²) in [5, 5.41) is 0. The number of ether oxygens (including phenoxy) is 1. The van der Waals surface area contributed by atoms with Crippen LogP contribution in [0.5, 0.6) is 5.75 Å². The van der Waals surface area contributed by atoms with Gasteiger partial charge in [0.2, 0.25) is 10.0 Å². The minimum absolute atomic E-state index is 0.0350. The summed E-state index contributed by atoms with van der Waals surface area (Å²) in [6.07, 6.45) is 0. The Hall–Kier alpha value is -1.92. The van der Waals surface area contributed by atoms with E-state index in [0.29, 0.717) is 17.9 Å². The fraction of sp³-hybridized carbons (Fsp3) is 0.200. The molecule has 112 valence electrons. The molecule has 0 unspecified atom stereocenters. The lowest BCUT2D eigenvalue weighted by atomic mass is 10.2. The van der Waals surface area contributed by atoms with Gasteiger partial charge in [0.1, 0.15) is 11.6 Å². The van der Waals surface area contributed by atoms with Crippen LogP contribution in [0.4, 0.5) is 4.39 Å². The van der Waals surface area contributed by atoms with E-state index in [1.807, 2.05) is 6.92 Å². The Bertz CT molecular complexity index is 699. The molecule has 0 saturated carbocycles. The van der Waals surface area contributed by atoms with Crippen LogP contribution in [0.25, 0.3) is 0 Å². The molecule has 0 bridgehead atoms. The highest BCUT2D eigenvalue weighted by molar-refractivity contribution is 7.89. The number of rotatable bonds is 6. The number of halogens is 1. The first-order valence-electron chi connectivity index (χ1n) is 6.48. The van der Waals surface area contributed by atoms with Crippen molar-refractivity contribution in [2.24, 2.45) is 0 Å². The summed E-state index contributed by atoms with van der Waals surface area (Å²) in [7, 11) is -3.63. The molecule has 0 aromatic heterocycles. The zero-order valence-corrected chi connectivity index (χ0v) is 12.4. The molecule has 4 nitrogen and oxygen atoms in total. The van der Waals surface area contributed by atoms with Gasteiger partial charge in [0, 0.05) is 6.54 Å². The predicted molar refractivity (Wildman–Crippen MR) is 78.0 cm³/mol. The zero-order chi connectivity index (χ0) is 15.3. The van der Waals surface area contributed by atoms with Crippen molar-refractivity contribution in [2.75, 3.05) is 6.61 Å². The van der Waals surface area contributed by atoms with E-state index in [0.717, 1.165) is 0 Å². The largest absolute Gasteiger partial charge is 0.494 e. The molecule has 1 N–H and O–H groups in total. The molecule has 2 aromatic rings. The van der Waals surface area contributed by atoms with Gasteiger partial charge in [-0.1, -0.05) is 12.1 Å². The lowest BCUT2D eigenvalue weighted by Gasteiger charge is -2.08. The van der Waals surface area contributed by atoms with Gasteiger partial charge in [-0.15, -0.1) is 0 Å². The average Bonchev–Trinajstić information content (AvgIpc) is 2.46. The summed E-state index contributed by atoms with van der Waals surface area (Å²) in [5.41, 5.74) is 0.560. The van der Waals surface area contributed by atoms with Crippen LogP contribution in [-0.4, -0.2) is 15.0 Å². The summed E-state index contributed by atoms with van der Waals surface area (Å²) < 4.78 is 45.0. The Balaban J connectivity index is 2.07. The van der Waals surface area contributed by atoms with Crippen molar-refractivity contribution in [3.8, 4) is 5.75 Å². The number of benzene rings is 2. The molecule has 2 rings (SSSR count). The maximum absolute atomic E-state index is 13.0. The van der Waals surface area contributed by atoms with Crippen molar-refractivity contribution >= 4 is 10.0 Å². The number of hydrogen-bond donors (Lipinski definition) is 1. The van der Waals surface area contributed by atoms with Crippen molar-refractivity contribution in [3.63, 3.8) is 0 Å². The molecule has 0 spiro atoms. The minimum Gasteiger partial charge on any atom is -0.494 e. The Morgan fingerprint density at radius 1 is 1.14 bits per heavy atom. The molecule has 2 aromatic carbocycles. The number of hydrogen-bond acceptors (Lipinski definition) is 3. The Morgan fingerprint density at radius 2 is 1.86 bits per heavy atom. The summed E-state index contributed by atoms with van der Waals surface area (Å²) in [5.74, 6) is 0.217. The molecule has 0 saturated heterocycles. The number of nitrogens with one attached hydrogen (secondary N) is 1. The second-order valence-corrected chi connectivity index (χ2v) is 6.13. The molecule has 0 amide bonds. The fourth-order valence-corrected chi connectivity index (χ4v) is 2.81. The SMILES string of the molecule is CCOc1ccc(S(=O)(=O)NCc2cccc(F)c2)cc1. The van der Waals surface area contributed by atoms with Crippen LogP contribution in [0.2, 0.25) is 0 Å². The monoisotopic (exact) mass is 309 g/mol. The van der Waals surface area contributed by atoms with E-state index in [2.05, 4.69) is 4.72 Å². The smallest absolute Gasteiger partial charge is 0.240 e. The first-order valence-corrected chi connectivity index (χ1v) is 7.96. The highest BCUT2D eigenvalue weighted by Crippen LogP contribution is 2.16. The van der Waals surface area contributed by atoms with Crippen molar-refractivity contribution in [3.05, 3.63) is 59.9 Å². The third kappa shape index (κ3) is 4.27. The standard InChI is InChI=1S/C15H16FNO3S/c1-2-20-14-6-8-15(9-7-14)21(18,19)17-11-12-4-3-5-13(16)10-12/h3-10,17H,2,11H2,1H3. The van der Waals surface area contributed by atoms with Crippen molar-refractivity contribution in [1.29, 1.82) is 0 Å². The first kappa shape index (κ1) is 15.5. The van der Waals surface area contributed by atoms with E-state index >= 15 is 0 Å². The van der Waals surface area contributed by atoms with Gasteiger partial charge in [0.15, 0.2) is 0 Å². The van der Waals surface area contributed by atoms with E-state index in [1.54, 1.807) is 18.2 Å². The average molecular weight is 309 g/mol. The summed E-state index contributed by atoms with van der Waals surface area (Å²) in [6.45, 7) is 2.41. The van der Waals surface area contributed by atoms with E-state index < -0.39 is 15.8 Å². The van der Waals surface area contributed by atoms with Gasteiger partial charge in [0.25, 0.3) is 0 Å². The molecule has 0 atom stereocenters. The molecule has 21 heavy (non-hydrogen) atoms. The molecule has 0 radical (unpaired) electrons. The van der Waals surface area contributed by atoms with Crippen LogP contribution < -0.4 is 9.46 Å². The van der Waals surface area contributed by atoms with Gasteiger partial charge < -0.3 is 4.74 Å². The second-order valence-electron chi connectivity index (χ2n) is 4.36. The summed E-state index contributed by atoms with van der Waals surface area (Å²) in [4.78, 5) is 0.141. The Labute approximate surface area is 123 Å². The van der Waals surface area contributed by atoms with E-state index in [4.69, 9.17) is 4.74 Å². The maximum Gasteiger partial charge on any atom is 0.240 e. The normalized spacial score (nSPS) is 11.3. The van der Waals surface area contributed by atoms with E-state index in [9.17, 15) is 12.8 Å². The minimum atomic E-state index is -3.63. The first-order chi connectivity index (χ1) is 10.0. The van der Waals surface area contributed by atoms with Gasteiger partial charge in [-0.05, 0) is 48.9 Å². The van der Waals surface area contributed by atoms with Crippen LogP contribution in [0.15, 0.2) is 53.4 Å². The molecule has 0 aliphatic heterocycles. The Morgan fingerprint density at radius 3 is 2.48 bits per heavy atom. The van der Waals surface area contributed by atoms with Crippen LogP contribution in [0.3, 0.4) is 0 Å². The third-order valence-corrected chi connectivity index (χ3v) is 4.22. The van der Waals surface area contributed by atoms with Crippen molar-refractivity contribution in [1.82, 2.24) is 4.72 Å². The van der Waals surface area contributed by atoms with Crippen LogP contribution in [-0.2, 0) is 16.6 Å². The Kier molecular flexibility index (Phi) is 4.93. The molecule has 0 heterocycles. The lowest BCUT2D eigenvalue weighted by Crippen LogP contribution is -2.23. The summed E-state index contributed by atoms with van der Waals surface area (Å²) in [6, 6.07) is 11.9. The zero-order valence-electron chi connectivity index (χ0n) is 11.5. The van der Waals surface area contributed by atoms with Crippen LogP contribution >= 0.6 is 0 Å².